The smallest absolute Gasteiger partial charge is 0.140 e. The van der Waals surface area contributed by atoms with E-state index in [1.807, 2.05) is 12.1 Å². The highest BCUT2D eigenvalue weighted by molar-refractivity contribution is 8.26. The van der Waals surface area contributed by atoms with Crippen LogP contribution < -0.4 is 25.4 Å². The maximum absolute atomic E-state index is 6.94. The van der Waals surface area contributed by atoms with Crippen molar-refractivity contribution in [3.8, 4) is 56.4 Å². The van der Waals surface area contributed by atoms with Gasteiger partial charge in [-0.15, -0.1) is 0 Å². The third kappa shape index (κ3) is 3.84. The van der Waals surface area contributed by atoms with E-state index in [9.17, 15) is 0 Å². The molecule has 9 rings (SSSR count). The largest absolute Gasteiger partial charge is 0.456 e. The molecule has 7 aromatic carbocycles. The zero-order valence-corrected chi connectivity index (χ0v) is 25.3. The highest BCUT2D eigenvalue weighted by Crippen LogP contribution is 2.60. The van der Waals surface area contributed by atoms with Crippen molar-refractivity contribution in [2.45, 2.75) is 0 Å². The maximum Gasteiger partial charge on any atom is 0.140 e. The second-order valence-electron chi connectivity index (χ2n) is 11.3. The van der Waals surface area contributed by atoms with Gasteiger partial charge in [-0.25, -0.2) is 0 Å². The molecule has 0 radical (unpaired) electrons. The van der Waals surface area contributed by atoms with E-state index in [2.05, 4.69) is 140 Å². The fourth-order valence-electron chi connectivity index (χ4n) is 6.62. The molecule has 44 heavy (non-hydrogen) atoms. The molecule has 0 aromatic heterocycles. The van der Waals surface area contributed by atoms with Crippen LogP contribution >= 0.6 is 6.04 Å². The number of hydrogen-bond acceptors (Lipinski definition) is 3. The van der Waals surface area contributed by atoms with Crippen LogP contribution in [0.15, 0.2) is 152 Å². The average molecular weight is 601 g/mol. The Morgan fingerprint density at radius 3 is 1.68 bits per heavy atom. The molecule has 0 N–H and O–H groups in total. The summed E-state index contributed by atoms with van der Waals surface area (Å²) in [7, 11) is 0. The van der Waals surface area contributed by atoms with Crippen molar-refractivity contribution in [1.82, 2.24) is 0 Å². The minimum absolute atomic E-state index is 0.780. The van der Waals surface area contributed by atoms with E-state index in [4.69, 9.17) is 21.3 Å². The van der Waals surface area contributed by atoms with E-state index < -0.39 is 6.04 Å². The number of fused-ring (bicyclic) bond motifs is 6. The standard InChI is InChI=1S/C40H25O2PS/c44-43-38-21-19-31(27-12-5-2-6-13-27)23-35(38)42-37-25-32(30-16-9-15-29(22-30)26-10-3-1-4-11-26)24-36(40(37)43)41-34-20-18-28-14-7-8-17-33(28)39(34)43/h1-25H. The van der Waals surface area contributed by atoms with Crippen molar-refractivity contribution in [2.24, 2.45) is 0 Å². The van der Waals surface area contributed by atoms with Gasteiger partial charge in [0.05, 0.1) is 11.3 Å². The Labute approximate surface area is 261 Å². The minimum Gasteiger partial charge on any atom is -0.456 e. The number of hydrogen-bond donors (Lipinski definition) is 0. The first-order valence-corrected chi connectivity index (χ1v) is 17.5. The van der Waals surface area contributed by atoms with E-state index in [0.717, 1.165) is 77.5 Å². The van der Waals surface area contributed by atoms with Crippen LogP contribution in [0.5, 0.6) is 23.0 Å². The molecule has 0 amide bonds. The van der Waals surface area contributed by atoms with Gasteiger partial charge in [0.15, 0.2) is 0 Å². The number of rotatable bonds is 3. The summed E-state index contributed by atoms with van der Waals surface area (Å²) in [5.41, 5.74) is 6.72. The minimum atomic E-state index is -2.56. The van der Waals surface area contributed by atoms with Crippen molar-refractivity contribution in [2.75, 3.05) is 0 Å². The second-order valence-corrected chi connectivity index (χ2v) is 15.5. The molecule has 0 aliphatic carbocycles. The third-order valence-electron chi connectivity index (χ3n) is 8.68. The Morgan fingerprint density at radius 2 is 0.955 bits per heavy atom. The van der Waals surface area contributed by atoms with Gasteiger partial charge < -0.3 is 9.47 Å². The van der Waals surface area contributed by atoms with Gasteiger partial charge in [0.25, 0.3) is 0 Å². The van der Waals surface area contributed by atoms with E-state index in [1.165, 1.54) is 5.56 Å². The molecule has 0 saturated heterocycles. The van der Waals surface area contributed by atoms with Gasteiger partial charge in [-0.1, -0.05) is 127 Å². The van der Waals surface area contributed by atoms with Crippen molar-refractivity contribution in [3.05, 3.63) is 152 Å². The lowest BCUT2D eigenvalue weighted by molar-refractivity contribution is 0.467. The molecule has 0 spiro atoms. The van der Waals surface area contributed by atoms with Crippen molar-refractivity contribution >= 4 is 44.5 Å². The molecule has 1 unspecified atom stereocenters. The highest BCUT2D eigenvalue weighted by Gasteiger charge is 2.44. The molecule has 0 fully saturated rings. The van der Waals surface area contributed by atoms with Crippen molar-refractivity contribution < 1.29 is 9.47 Å². The predicted octanol–water partition coefficient (Wildman–Crippen LogP) is 9.81. The molecule has 0 bridgehead atoms. The molecule has 0 saturated carbocycles. The Balaban J connectivity index is 1.29. The van der Waals surface area contributed by atoms with E-state index in [1.54, 1.807) is 0 Å². The van der Waals surface area contributed by atoms with Crippen LogP contribution in [0.3, 0.4) is 0 Å². The molecule has 2 aliphatic heterocycles. The topological polar surface area (TPSA) is 18.5 Å². The third-order valence-corrected chi connectivity index (χ3v) is 13.6. The first-order chi connectivity index (χ1) is 21.7. The van der Waals surface area contributed by atoms with Crippen LogP contribution in [-0.2, 0) is 11.8 Å². The molecule has 4 heteroatoms. The molecular formula is C40H25O2PS. The fraction of sp³-hybridized carbons (Fsp3) is 0. The van der Waals surface area contributed by atoms with Crippen LogP contribution in [-0.4, -0.2) is 0 Å². The molecule has 2 heterocycles. The summed E-state index contributed by atoms with van der Waals surface area (Å²) < 4.78 is 13.6. The summed E-state index contributed by atoms with van der Waals surface area (Å²) >= 11 is 6.94. The normalized spacial score (nSPS) is 15.8. The van der Waals surface area contributed by atoms with Gasteiger partial charge in [-0.2, -0.15) is 0 Å². The van der Waals surface area contributed by atoms with Crippen LogP contribution in [0.4, 0.5) is 0 Å². The van der Waals surface area contributed by atoms with Crippen LogP contribution in [0.1, 0.15) is 0 Å². The SMILES string of the molecule is S=P12c3ccc(-c4ccccc4)cc3Oc3cc(-c4cccc(-c5ccccc5)c4)cc(c31)Oc1ccc3ccccc3c12. The van der Waals surface area contributed by atoms with Crippen LogP contribution in [0.2, 0.25) is 0 Å². The lowest BCUT2D eigenvalue weighted by atomic mass is 9.98. The summed E-state index contributed by atoms with van der Waals surface area (Å²) in [6.45, 7) is 0. The first kappa shape index (κ1) is 25.5. The van der Waals surface area contributed by atoms with Gasteiger partial charge in [0.1, 0.15) is 23.0 Å². The molecule has 2 nitrogen and oxygen atoms in total. The van der Waals surface area contributed by atoms with E-state index in [-0.39, 0.29) is 0 Å². The van der Waals surface area contributed by atoms with Crippen molar-refractivity contribution in [1.29, 1.82) is 0 Å². The fourth-order valence-corrected chi connectivity index (χ4v) is 11.4. The first-order valence-electron chi connectivity index (χ1n) is 14.7. The lowest BCUT2D eigenvalue weighted by Gasteiger charge is -2.38. The summed E-state index contributed by atoms with van der Waals surface area (Å²) in [6.07, 6.45) is 0. The summed E-state index contributed by atoms with van der Waals surface area (Å²) in [5, 5.41) is 5.48. The molecule has 2 aliphatic rings. The zero-order valence-electron chi connectivity index (χ0n) is 23.6. The molecule has 208 valence electrons. The Hall–Kier alpha value is -4.95. The van der Waals surface area contributed by atoms with Crippen LogP contribution in [0, 0.1) is 0 Å². The summed E-state index contributed by atoms with van der Waals surface area (Å²) in [6, 6.07) is 50.5. The number of ether oxygens (including phenoxy) is 2. The molecular weight excluding hydrogens is 575 g/mol. The maximum atomic E-state index is 6.94. The number of benzene rings is 7. The van der Waals surface area contributed by atoms with Crippen LogP contribution in [0.25, 0.3) is 44.2 Å². The Morgan fingerprint density at radius 1 is 0.386 bits per heavy atom. The summed E-state index contributed by atoms with van der Waals surface area (Å²) in [5.74, 6) is 3.22. The quantitative estimate of drug-likeness (QED) is 0.188. The highest BCUT2D eigenvalue weighted by atomic mass is 32.4. The summed E-state index contributed by atoms with van der Waals surface area (Å²) in [4.78, 5) is 0. The van der Waals surface area contributed by atoms with E-state index in [0.29, 0.717) is 0 Å². The molecule has 1 atom stereocenters. The van der Waals surface area contributed by atoms with Gasteiger partial charge in [-0.3, -0.25) is 0 Å². The second kappa shape index (κ2) is 9.79. The average Bonchev–Trinajstić information content (AvgIpc) is 3.08. The van der Waals surface area contributed by atoms with Crippen molar-refractivity contribution in [3.63, 3.8) is 0 Å². The zero-order chi connectivity index (χ0) is 29.3. The van der Waals surface area contributed by atoms with Gasteiger partial charge in [0, 0.05) is 10.6 Å². The Kier molecular flexibility index (Phi) is 5.68. The predicted molar refractivity (Wildman–Crippen MR) is 186 cm³/mol. The van der Waals surface area contributed by atoms with Gasteiger partial charge in [0.2, 0.25) is 0 Å². The van der Waals surface area contributed by atoms with E-state index >= 15 is 0 Å². The van der Waals surface area contributed by atoms with Gasteiger partial charge in [-0.05, 0) is 80.6 Å². The lowest BCUT2D eigenvalue weighted by Crippen LogP contribution is -2.35. The molecule has 7 aromatic rings. The van der Waals surface area contributed by atoms with Gasteiger partial charge >= 0.3 is 0 Å². The Bertz CT molecular complexity index is 2310. The monoisotopic (exact) mass is 600 g/mol.